The lowest BCUT2D eigenvalue weighted by molar-refractivity contribution is 0.218. The van der Waals surface area contributed by atoms with Crippen LogP contribution in [0.1, 0.15) is 0 Å². The van der Waals surface area contributed by atoms with Gasteiger partial charge < -0.3 is 49.7 Å². The molecular weight excluding hydrogens is 656 g/mol. The molecule has 0 saturated carbocycles. The Labute approximate surface area is 304 Å². The van der Waals surface area contributed by atoms with Gasteiger partial charge in [0.25, 0.3) is 0 Å². The Balaban J connectivity index is 1.21. The number of nitrogens with one attached hydrogen (secondary N) is 4. The number of methoxy groups -OCH3 is 4. The molecule has 0 radical (unpaired) electrons. The third-order valence-electron chi connectivity index (χ3n) is 8.11. The van der Waals surface area contributed by atoms with Crippen molar-refractivity contribution in [1.82, 2.24) is 0 Å². The van der Waals surface area contributed by atoms with Gasteiger partial charge in [0.15, 0.2) is 0 Å². The van der Waals surface area contributed by atoms with E-state index in [1.807, 2.05) is 133 Å². The zero-order chi connectivity index (χ0) is 36.1. The maximum absolute atomic E-state index is 6.39. The molecule has 10 heteroatoms. The normalized spacial score (nSPS) is 10.5. The molecule has 0 fully saturated rings. The zero-order valence-electron chi connectivity index (χ0n) is 29.6. The number of ether oxygens (including phenoxy) is 6. The monoisotopic (exact) mass is 698 g/mol. The minimum absolute atomic E-state index is 0.279. The summed E-state index contributed by atoms with van der Waals surface area (Å²) in [6, 6.07) is 42.7. The Kier molecular flexibility index (Phi) is 11.7. The fraction of sp³-hybridized carbons (Fsp3) is 0.143. The summed E-state index contributed by atoms with van der Waals surface area (Å²) in [6.07, 6.45) is 0. The molecule has 0 aliphatic rings. The molecule has 0 aliphatic carbocycles. The average molecular weight is 699 g/mol. The van der Waals surface area contributed by atoms with Crippen LogP contribution in [0.2, 0.25) is 0 Å². The SMILES string of the molecule is COc1ccc(Nc2cccc(OCCOc3cccc(Nc4ccc(OC)cc4)c3Nc3ccc(OC)cc3)c2Nc2ccc(OC)cc2)cc1. The second kappa shape index (κ2) is 17.3. The first-order chi connectivity index (χ1) is 25.5. The van der Waals surface area contributed by atoms with Crippen molar-refractivity contribution in [2.24, 2.45) is 0 Å². The number of hydrogen-bond donors (Lipinski definition) is 4. The predicted octanol–water partition coefficient (Wildman–Crippen LogP) is 10.2. The maximum Gasteiger partial charge on any atom is 0.145 e. The lowest BCUT2D eigenvalue weighted by Gasteiger charge is -2.20. The molecule has 0 aliphatic heterocycles. The number of benzene rings is 6. The van der Waals surface area contributed by atoms with Crippen LogP contribution in [-0.4, -0.2) is 41.7 Å². The third kappa shape index (κ3) is 9.10. The molecule has 0 aromatic heterocycles. The summed E-state index contributed by atoms with van der Waals surface area (Å²) in [5.41, 5.74) is 6.78. The predicted molar refractivity (Wildman–Crippen MR) is 209 cm³/mol. The van der Waals surface area contributed by atoms with E-state index in [1.165, 1.54) is 0 Å². The highest BCUT2D eigenvalue weighted by Crippen LogP contribution is 2.39. The van der Waals surface area contributed by atoms with Gasteiger partial charge in [0.1, 0.15) is 59.1 Å². The summed E-state index contributed by atoms with van der Waals surface area (Å²) >= 11 is 0. The van der Waals surface area contributed by atoms with Crippen molar-refractivity contribution in [1.29, 1.82) is 0 Å². The third-order valence-corrected chi connectivity index (χ3v) is 8.11. The van der Waals surface area contributed by atoms with Gasteiger partial charge in [-0.05, 0) is 121 Å². The lowest BCUT2D eigenvalue weighted by Crippen LogP contribution is -2.11. The highest BCUT2D eigenvalue weighted by Gasteiger charge is 2.14. The molecule has 4 N–H and O–H groups in total. The first kappa shape index (κ1) is 35.2. The Morgan fingerprint density at radius 2 is 0.635 bits per heavy atom. The van der Waals surface area contributed by atoms with Crippen LogP contribution in [0.25, 0.3) is 0 Å². The average Bonchev–Trinajstić information content (AvgIpc) is 3.19. The molecule has 266 valence electrons. The fourth-order valence-corrected chi connectivity index (χ4v) is 5.37. The van der Waals surface area contributed by atoms with E-state index in [9.17, 15) is 0 Å². The second-order valence-electron chi connectivity index (χ2n) is 11.5. The minimum atomic E-state index is 0.279. The van der Waals surface area contributed by atoms with Crippen molar-refractivity contribution in [3.05, 3.63) is 133 Å². The standard InChI is InChI=1S/C42H42N4O6/c1-47-33-19-11-29(12-20-33)43-37-7-5-9-39(41(37)45-31-15-23-35(49-3)24-16-31)51-27-28-52-40-10-6-8-38(44-30-13-21-34(48-2)22-14-30)42(40)46-32-17-25-36(50-4)26-18-32/h5-26,43-46H,27-28H2,1-4H3. The van der Waals surface area contributed by atoms with Gasteiger partial charge in [-0.2, -0.15) is 0 Å². The van der Waals surface area contributed by atoms with E-state index in [4.69, 9.17) is 28.4 Å². The number of para-hydroxylation sites is 2. The quantitative estimate of drug-likeness (QED) is 0.0688. The summed E-state index contributed by atoms with van der Waals surface area (Å²) < 4.78 is 34.2. The van der Waals surface area contributed by atoms with E-state index in [-0.39, 0.29) is 13.2 Å². The molecule has 0 saturated heterocycles. The van der Waals surface area contributed by atoms with Crippen molar-refractivity contribution < 1.29 is 28.4 Å². The Hall–Kier alpha value is -6.68. The van der Waals surface area contributed by atoms with Gasteiger partial charge in [0, 0.05) is 22.7 Å². The molecule has 0 amide bonds. The number of anilines is 8. The highest BCUT2D eigenvalue weighted by atomic mass is 16.5. The smallest absolute Gasteiger partial charge is 0.145 e. The Bertz CT molecular complexity index is 1870. The maximum atomic E-state index is 6.39. The van der Waals surface area contributed by atoms with E-state index in [0.717, 1.165) is 68.5 Å². The van der Waals surface area contributed by atoms with E-state index >= 15 is 0 Å². The van der Waals surface area contributed by atoms with Gasteiger partial charge >= 0.3 is 0 Å². The molecule has 0 atom stereocenters. The van der Waals surface area contributed by atoms with Crippen molar-refractivity contribution in [2.45, 2.75) is 0 Å². The minimum Gasteiger partial charge on any atom is -0.497 e. The second-order valence-corrected chi connectivity index (χ2v) is 11.5. The van der Waals surface area contributed by atoms with Crippen molar-refractivity contribution in [3.8, 4) is 34.5 Å². The molecule has 6 rings (SSSR count). The van der Waals surface area contributed by atoms with E-state index < -0.39 is 0 Å². The van der Waals surface area contributed by atoms with Crippen LogP contribution >= 0.6 is 0 Å². The zero-order valence-corrected chi connectivity index (χ0v) is 29.6. The summed E-state index contributed by atoms with van der Waals surface area (Å²) in [4.78, 5) is 0. The Morgan fingerprint density at radius 1 is 0.346 bits per heavy atom. The Morgan fingerprint density at radius 3 is 0.923 bits per heavy atom. The summed E-state index contributed by atoms with van der Waals surface area (Å²) in [7, 11) is 6.60. The van der Waals surface area contributed by atoms with E-state index in [2.05, 4.69) is 21.3 Å². The van der Waals surface area contributed by atoms with Crippen LogP contribution in [0.3, 0.4) is 0 Å². The van der Waals surface area contributed by atoms with Gasteiger partial charge in [-0.3, -0.25) is 0 Å². The topological polar surface area (TPSA) is 104 Å². The molecule has 52 heavy (non-hydrogen) atoms. The van der Waals surface area contributed by atoms with Gasteiger partial charge in [0.05, 0.1) is 39.8 Å². The first-order valence-electron chi connectivity index (χ1n) is 16.7. The molecule has 0 bridgehead atoms. The van der Waals surface area contributed by atoms with Crippen LogP contribution in [0.15, 0.2) is 133 Å². The molecule has 0 unspecified atom stereocenters. The van der Waals surface area contributed by atoms with Crippen LogP contribution in [-0.2, 0) is 0 Å². The van der Waals surface area contributed by atoms with E-state index in [0.29, 0.717) is 11.5 Å². The van der Waals surface area contributed by atoms with Gasteiger partial charge in [-0.25, -0.2) is 0 Å². The molecule has 6 aromatic rings. The van der Waals surface area contributed by atoms with Crippen molar-refractivity contribution in [2.75, 3.05) is 62.9 Å². The first-order valence-corrected chi connectivity index (χ1v) is 16.7. The van der Waals surface area contributed by atoms with Gasteiger partial charge in [-0.1, -0.05) is 12.1 Å². The van der Waals surface area contributed by atoms with Crippen LogP contribution < -0.4 is 49.7 Å². The van der Waals surface area contributed by atoms with E-state index in [1.54, 1.807) is 28.4 Å². The van der Waals surface area contributed by atoms with Crippen LogP contribution in [0, 0.1) is 0 Å². The molecule has 10 nitrogen and oxygen atoms in total. The largest absolute Gasteiger partial charge is 0.497 e. The number of rotatable bonds is 17. The van der Waals surface area contributed by atoms with Gasteiger partial charge in [-0.15, -0.1) is 0 Å². The summed E-state index contributed by atoms with van der Waals surface area (Å²) in [5.74, 6) is 4.42. The van der Waals surface area contributed by atoms with Crippen LogP contribution in [0.4, 0.5) is 45.5 Å². The van der Waals surface area contributed by atoms with Crippen molar-refractivity contribution >= 4 is 45.5 Å². The fourth-order valence-electron chi connectivity index (χ4n) is 5.37. The summed E-state index contributed by atoms with van der Waals surface area (Å²) in [5, 5.41) is 14.1. The highest BCUT2D eigenvalue weighted by molar-refractivity contribution is 5.84. The lowest BCUT2D eigenvalue weighted by atomic mass is 10.2. The molecule has 6 aromatic carbocycles. The molecular formula is C42H42N4O6. The van der Waals surface area contributed by atoms with Gasteiger partial charge in [0.2, 0.25) is 0 Å². The summed E-state index contributed by atoms with van der Waals surface area (Å²) in [6.45, 7) is 0.558. The van der Waals surface area contributed by atoms with Crippen molar-refractivity contribution in [3.63, 3.8) is 0 Å². The molecule has 0 spiro atoms. The van der Waals surface area contributed by atoms with Crippen LogP contribution in [0.5, 0.6) is 34.5 Å². The number of hydrogen-bond acceptors (Lipinski definition) is 10. The molecule has 0 heterocycles.